The maximum absolute atomic E-state index is 12.2. The van der Waals surface area contributed by atoms with Crippen LogP contribution in [0.15, 0.2) is 36.9 Å². The van der Waals surface area contributed by atoms with Gasteiger partial charge in [-0.3, -0.25) is 9.59 Å². The summed E-state index contributed by atoms with van der Waals surface area (Å²) in [6, 6.07) is 5.41. The summed E-state index contributed by atoms with van der Waals surface area (Å²) in [7, 11) is 0. The molecule has 0 fully saturated rings. The minimum atomic E-state index is -1.03. The SMILES string of the molecule is C=CCCCCCC[C@H](NC(=O)c1ccc(NC(C)=O)cc1)C(=O)O. The van der Waals surface area contributed by atoms with Gasteiger partial charge in [0.1, 0.15) is 6.04 Å². The molecule has 2 amide bonds. The molecule has 6 heteroatoms. The van der Waals surface area contributed by atoms with E-state index in [4.69, 9.17) is 0 Å². The lowest BCUT2D eigenvalue weighted by atomic mass is 10.1. The van der Waals surface area contributed by atoms with Crippen molar-refractivity contribution in [1.29, 1.82) is 0 Å². The first kappa shape index (κ1) is 20.4. The molecule has 0 spiro atoms. The average molecular weight is 346 g/mol. The largest absolute Gasteiger partial charge is 0.480 e. The Morgan fingerprint density at radius 3 is 2.32 bits per heavy atom. The number of unbranched alkanes of at least 4 members (excludes halogenated alkanes) is 4. The Hall–Kier alpha value is -2.63. The van der Waals surface area contributed by atoms with E-state index in [1.54, 1.807) is 24.3 Å². The molecule has 25 heavy (non-hydrogen) atoms. The number of carbonyl (C=O) groups is 3. The van der Waals surface area contributed by atoms with Crippen LogP contribution in [0.5, 0.6) is 0 Å². The zero-order valence-electron chi connectivity index (χ0n) is 14.6. The standard InChI is InChI=1S/C19H26N2O4/c1-3-4-5-6-7-8-9-17(19(24)25)21-18(23)15-10-12-16(13-11-15)20-14(2)22/h3,10-13,17H,1,4-9H2,2H3,(H,20,22)(H,21,23)(H,24,25)/t17-/m0/s1. The molecule has 136 valence electrons. The number of hydrogen-bond acceptors (Lipinski definition) is 3. The summed E-state index contributed by atoms with van der Waals surface area (Å²) in [5.41, 5.74) is 0.935. The number of benzene rings is 1. The Bertz CT molecular complexity index is 596. The molecule has 0 radical (unpaired) electrons. The Morgan fingerprint density at radius 2 is 1.76 bits per heavy atom. The van der Waals surface area contributed by atoms with Crippen LogP contribution in [0.2, 0.25) is 0 Å². The van der Waals surface area contributed by atoms with Gasteiger partial charge in [0, 0.05) is 18.2 Å². The van der Waals surface area contributed by atoms with Crippen LogP contribution in [0.4, 0.5) is 5.69 Å². The summed E-state index contributed by atoms with van der Waals surface area (Å²) in [4.78, 5) is 34.5. The highest BCUT2D eigenvalue weighted by Gasteiger charge is 2.20. The van der Waals surface area contributed by atoms with Crippen molar-refractivity contribution in [2.75, 3.05) is 5.32 Å². The molecule has 0 aromatic heterocycles. The first-order chi connectivity index (χ1) is 11.9. The number of hydrogen-bond donors (Lipinski definition) is 3. The Balaban J connectivity index is 2.50. The van der Waals surface area contributed by atoms with E-state index in [-0.39, 0.29) is 5.91 Å². The smallest absolute Gasteiger partial charge is 0.326 e. The highest BCUT2D eigenvalue weighted by Crippen LogP contribution is 2.11. The maximum Gasteiger partial charge on any atom is 0.326 e. The molecule has 0 unspecified atom stereocenters. The van der Waals surface area contributed by atoms with Gasteiger partial charge in [-0.05, 0) is 43.5 Å². The molecule has 6 nitrogen and oxygen atoms in total. The second-order valence-corrected chi connectivity index (χ2v) is 5.90. The summed E-state index contributed by atoms with van der Waals surface area (Å²) in [5, 5.41) is 14.4. The topological polar surface area (TPSA) is 95.5 Å². The van der Waals surface area contributed by atoms with Crippen molar-refractivity contribution in [3.8, 4) is 0 Å². The van der Waals surface area contributed by atoms with Crippen molar-refractivity contribution in [2.24, 2.45) is 0 Å². The Kier molecular flexibility index (Phi) is 9.00. The third-order valence-electron chi connectivity index (χ3n) is 3.72. The van der Waals surface area contributed by atoms with Gasteiger partial charge in [-0.2, -0.15) is 0 Å². The first-order valence-electron chi connectivity index (χ1n) is 8.46. The van der Waals surface area contributed by atoms with Gasteiger partial charge in [-0.1, -0.05) is 25.3 Å². The van der Waals surface area contributed by atoms with Crippen molar-refractivity contribution in [3.63, 3.8) is 0 Å². The maximum atomic E-state index is 12.2. The molecule has 0 aliphatic heterocycles. The summed E-state index contributed by atoms with van der Waals surface area (Å²) < 4.78 is 0. The number of nitrogens with one attached hydrogen (secondary N) is 2. The normalized spacial score (nSPS) is 11.4. The fourth-order valence-electron chi connectivity index (χ4n) is 2.40. The van der Waals surface area contributed by atoms with Crippen LogP contribution in [0.25, 0.3) is 0 Å². The van der Waals surface area contributed by atoms with E-state index in [1.807, 2.05) is 6.08 Å². The molecule has 0 saturated carbocycles. The molecule has 1 aromatic carbocycles. The summed E-state index contributed by atoms with van der Waals surface area (Å²) in [6.45, 7) is 5.06. The predicted molar refractivity (Wildman–Crippen MR) is 97.5 cm³/mol. The summed E-state index contributed by atoms with van der Waals surface area (Å²) in [5.74, 6) is -1.67. The second kappa shape index (κ2) is 11.0. The zero-order valence-corrected chi connectivity index (χ0v) is 14.6. The number of carbonyl (C=O) groups excluding carboxylic acids is 2. The quantitative estimate of drug-likeness (QED) is 0.423. The number of carboxylic acid groups (broad SMARTS) is 1. The lowest BCUT2D eigenvalue weighted by Crippen LogP contribution is -2.40. The molecule has 3 N–H and O–H groups in total. The monoisotopic (exact) mass is 346 g/mol. The highest BCUT2D eigenvalue weighted by atomic mass is 16.4. The van der Waals surface area contributed by atoms with Gasteiger partial charge >= 0.3 is 5.97 Å². The van der Waals surface area contributed by atoms with Crippen molar-refractivity contribution in [2.45, 2.75) is 51.5 Å². The molecule has 0 heterocycles. The van der Waals surface area contributed by atoms with Crippen LogP contribution in [0.3, 0.4) is 0 Å². The van der Waals surface area contributed by atoms with E-state index in [0.717, 1.165) is 32.1 Å². The van der Waals surface area contributed by atoms with Crippen molar-refractivity contribution >= 4 is 23.5 Å². The predicted octanol–water partition coefficient (Wildman–Crippen LogP) is 3.35. The highest BCUT2D eigenvalue weighted by molar-refractivity contribution is 5.97. The van der Waals surface area contributed by atoms with Gasteiger partial charge in [0.2, 0.25) is 5.91 Å². The minimum absolute atomic E-state index is 0.198. The number of anilines is 1. The van der Waals surface area contributed by atoms with E-state index < -0.39 is 17.9 Å². The fourth-order valence-corrected chi connectivity index (χ4v) is 2.40. The van der Waals surface area contributed by atoms with Crippen LogP contribution >= 0.6 is 0 Å². The Morgan fingerprint density at radius 1 is 1.12 bits per heavy atom. The lowest BCUT2D eigenvalue weighted by molar-refractivity contribution is -0.139. The van der Waals surface area contributed by atoms with Crippen LogP contribution in [-0.2, 0) is 9.59 Å². The molecule has 0 saturated heterocycles. The molecular weight excluding hydrogens is 320 g/mol. The van der Waals surface area contributed by atoms with Gasteiger partial charge in [-0.25, -0.2) is 4.79 Å². The number of carboxylic acids is 1. The first-order valence-corrected chi connectivity index (χ1v) is 8.46. The fraction of sp³-hybridized carbons (Fsp3) is 0.421. The molecule has 1 rings (SSSR count). The van der Waals surface area contributed by atoms with Gasteiger partial charge in [0.25, 0.3) is 5.91 Å². The van der Waals surface area contributed by atoms with E-state index in [0.29, 0.717) is 17.7 Å². The number of allylic oxidation sites excluding steroid dienone is 1. The number of amides is 2. The van der Waals surface area contributed by atoms with Crippen molar-refractivity contribution < 1.29 is 19.5 Å². The van der Waals surface area contributed by atoms with Crippen molar-refractivity contribution in [3.05, 3.63) is 42.5 Å². The molecule has 1 atom stereocenters. The minimum Gasteiger partial charge on any atom is -0.480 e. The molecule has 0 aliphatic rings. The van der Waals surface area contributed by atoms with Crippen molar-refractivity contribution in [1.82, 2.24) is 5.32 Å². The summed E-state index contributed by atoms with van der Waals surface area (Å²) in [6.07, 6.45) is 6.99. The van der Waals surface area contributed by atoms with Crippen LogP contribution < -0.4 is 10.6 Å². The molecular formula is C19H26N2O4. The van der Waals surface area contributed by atoms with Crippen LogP contribution in [0.1, 0.15) is 55.8 Å². The number of aliphatic carboxylic acids is 1. The van der Waals surface area contributed by atoms with E-state index in [9.17, 15) is 19.5 Å². The molecule has 1 aromatic rings. The molecule has 0 aliphatic carbocycles. The zero-order chi connectivity index (χ0) is 18.7. The van der Waals surface area contributed by atoms with Gasteiger partial charge in [0.05, 0.1) is 0 Å². The van der Waals surface area contributed by atoms with E-state index >= 15 is 0 Å². The third-order valence-corrected chi connectivity index (χ3v) is 3.72. The average Bonchev–Trinajstić information content (AvgIpc) is 2.56. The van der Waals surface area contributed by atoms with Gasteiger partial charge in [-0.15, -0.1) is 6.58 Å². The van der Waals surface area contributed by atoms with E-state index in [1.165, 1.54) is 6.92 Å². The molecule has 0 bridgehead atoms. The third kappa shape index (κ3) is 8.15. The van der Waals surface area contributed by atoms with Crippen LogP contribution in [-0.4, -0.2) is 28.9 Å². The summed E-state index contributed by atoms with van der Waals surface area (Å²) >= 11 is 0. The second-order valence-electron chi connectivity index (χ2n) is 5.90. The number of rotatable bonds is 11. The van der Waals surface area contributed by atoms with Crippen LogP contribution in [0, 0.1) is 0 Å². The van der Waals surface area contributed by atoms with Gasteiger partial charge < -0.3 is 15.7 Å². The Labute approximate surface area is 148 Å². The van der Waals surface area contributed by atoms with Gasteiger partial charge in [0.15, 0.2) is 0 Å². The lowest BCUT2D eigenvalue weighted by Gasteiger charge is -2.14. The van der Waals surface area contributed by atoms with E-state index in [2.05, 4.69) is 17.2 Å².